The van der Waals surface area contributed by atoms with Crippen molar-refractivity contribution in [2.45, 2.75) is 6.54 Å². The Kier molecular flexibility index (Phi) is 4.82. The van der Waals surface area contributed by atoms with Gasteiger partial charge < -0.3 is 10.1 Å². The first-order chi connectivity index (χ1) is 11.7. The van der Waals surface area contributed by atoms with Gasteiger partial charge in [0.1, 0.15) is 11.4 Å². The third-order valence-electron chi connectivity index (χ3n) is 3.53. The van der Waals surface area contributed by atoms with Crippen LogP contribution in [0.5, 0.6) is 5.75 Å². The second kappa shape index (κ2) is 7.19. The Hall–Kier alpha value is -2.79. The van der Waals surface area contributed by atoms with Crippen LogP contribution in [0.2, 0.25) is 5.02 Å². The predicted octanol–water partition coefficient (Wildman–Crippen LogP) is 3.67. The van der Waals surface area contributed by atoms with Gasteiger partial charge in [-0.05, 0) is 35.9 Å². The van der Waals surface area contributed by atoms with Crippen molar-refractivity contribution in [2.24, 2.45) is 0 Å². The number of halogens is 1. The lowest BCUT2D eigenvalue weighted by atomic mass is 10.1. The number of ether oxygens (including phenoxy) is 1. The highest BCUT2D eigenvalue weighted by Crippen LogP contribution is 2.22. The number of hydrogen-bond acceptors (Lipinski definition) is 3. The van der Waals surface area contributed by atoms with Gasteiger partial charge in [0.25, 0.3) is 5.91 Å². The molecule has 0 aliphatic carbocycles. The minimum atomic E-state index is -0.225. The van der Waals surface area contributed by atoms with Crippen molar-refractivity contribution in [2.75, 3.05) is 7.11 Å². The number of aromatic amines is 1. The highest BCUT2D eigenvalue weighted by molar-refractivity contribution is 6.30. The second-order valence-electron chi connectivity index (χ2n) is 5.21. The number of amides is 1. The van der Waals surface area contributed by atoms with Crippen LogP contribution in [-0.2, 0) is 6.54 Å². The maximum atomic E-state index is 12.2. The van der Waals surface area contributed by atoms with Crippen LogP contribution in [0.25, 0.3) is 11.3 Å². The molecule has 0 aliphatic heterocycles. The van der Waals surface area contributed by atoms with E-state index in [0.29, 0.717) is 23.0 Å². The predicted molar refractivity (Wildman–Crippen MR) is 93.2 cm³/mol. The molecule has 3 rings (SSSR count). The molecule has 1 aromatic heterocycles. The molecule has 0 saturated heterocycles. The fraction of sp³-hybridized carbons (Fsp3) is 0.111. The number of hydrogen-bond donors (Lipinski definition) is 2. The Morgan fingerprint density at radius 2 is 2.04 bits per heavy atom. The van der Waals surface area contributed by atoms with Crippen LogP contribution in [0.1, 0.15) is 16.1 Å². The summed E-state index contributed by atoms with van der Waals surface area (Å²) in [6.07, 6.45) is 0. The third-order valence-corrected chi connectivity index (χ3v) is 3.77. The molecule has 6 heteroatoms. The molecule has 24 heavy (non-hydrogen) atoms. The number of H-pyrrole nitrogens is 1. The average Bonchev–Trinajstić information content (AvgIpc) is 3.10. The fourth-order valence-corrected chi connectivity index (χ4v) is 2.51. The molecule has 5 nitrogen and oxygen atoms in total. The van der Waals surface area contributed by atoms with Crippen molar-refractivity contribution in [3.05, 3.63) is 70.9 Å². The lowest BCUT2D eigenvalue weighted by molar-refractivity contribution is 0.0946. The molecule has 122 valence electrons. The van der Waals surface area contributed by atoms with Gasteiger partial charge in [-0.2, -0.15) is 5.10 Å². The molecule has 2 N–H and O–H groups in total. The number of carbonyl (C=O) groups is 1. The summed E-state index contributed by atoms with van der Waals surface area (Å²) in [5.74, 6) is 0.513. The molecule has 2 aromatic carbocycles. The van der Waals surface area contributed by atoms with E-state index < -0.39 is 0 Å². The van der Waals surface area contributed by atoms with Gasteiger partial charge in [0.2, 0.25) is 0 Å². The molecular formula is C18H16ClN3O2. The van der Waals surface area contributed by atoms with E-state index in [0.717, 1.165) is 16.9 Å². The maximum absolute atomic E-state index is 12.2. The Balaban J connectivity index is 1.69. The molecule has 0 radical (unpaired) electrons. The summed E-state index contributed by atoms with van der Waals surface area (Å²) >= 11 is 5.93. The van der Waals surface area contributed by atoms with E-state index in [1.54, 1.807) is 19.2 Å². The van der Waals surface area contributed by atoms with Crippen LogP contribution in [0.15, 0.2) is 54.6 Å². The van der Waals surface area contributed by atoms with Crippen LogP contribution in [-0.4, -0.2) is 23.2 Å². The molecule has 0 saturated carbocycles. The van der Waals surface area contributed by atoms with Gasteiger partial charge in [0.05, 0.1) is 12.8 Å². The number of nitrogens with zero attached hydrogens (tertiary/aromatic N) is 1. The highest BCUT2D eigenvalue weighted by Gasteiger charge is 2.11. The quantitative estimate of drug-likeness (QED) is 0.744. The summed E-state index contributed by atoms with van der Waals surface area (Å²) in [7, 11) is 1.61. The van der Waals surface area contributed by atoms with Crippen molar-refractivity contribution in [1.29, 1.82) is 0 Å². The summed E-state index contributed by atoms with van der Waals surface area (Å²) in [5.41, 5.74) is 2.89. The lowest BCUT2D eigenvalue weighted by Crippen LogP contribution is -2.23. The number of nitrogens with one attached hydrogen (secondary N) is 2. The zero-order valence-corrected chi connectivity index (χ0v) is 13.8. The van der Waals surface area contributed by atoms with Crippen LogP contribution in [0.4, 0.5) is 0 Å². The van der Waals surface area contributed by atoms with Crippen LogP contribution >= 0.6 is 11.6 Å². The normalized spacial score (nSPS) is 10.4. The van der Waals surface area contributed by atoms with Crippen molar-refractivity contribution in [1.82, 2.24) is 15.5 Å². The van der Waals surface area contributed by atoms with E-state index in [4.69, 9.17) is 16.3 Å². The number of methoxy groups -OCH3 is 1. The van der Waals surface area contributed by atoms with E-state index in [2.05, 4.69) is 15.5 Å². The molecule has 0 fully saturated rings. The monoisotopic (exact) mass is 341 g/mol. The van der Waals surface area contributed by atoms with Crippen LogP contribution in [0.3, 0.4) is 0 Å². The van der Waals surface area contributed by atoms with Crippen molar-refractivity contribution < 1.29 is 9.53 Å². The van der Waals surface area contributed by atoms with E-state index in [1.807, 2.05) is 42.5 Å². The van der Waals surface area contributed by atoms with Gasteiger partial charge in [-0.25, -0.2) is 0 Å². The molecular weight excluding hydrogens is 326 g/mol. The van der Waals surface area contributed by atoms with E-state index >= 15 is 0 Å². The van der Waals surface area contributed by atoms with Gasteiger partial charge in [0, 0.05) is 17.1 Å². The number of benzene rings is 2. The first kappa shape index (κ1) is 16.1. The lowest BCUT2D eigenvalue weighted by Gasteiger charge is -2.04. The SMILES string of the molecule is COc1cccc(-c2cc(C(=O)NCc3cccc(Cl)c3)[nH]n2)c1. The van der Waals surface area contributed by atoms with Crippen molar-refractivity contribution in [3.63, 3.8) is 0 Å². The Morgan fingerprint density at radius 1 is 1.21 bits per heavy atom. The maximum Gasteiger partial charge on any atom is 0.269 e. The minimum absolute atomic E-state index is 0.225. The Bertz CT molecular complexity index is 861. The summed E-state index contributed by atoms with van der Waals surface area (Å²) in [6.45, 7) is 0.396. The first-order valence-corrected chi connectivity index (χ1v) is 7.76. The average molecular weight is 342 g/mol. The molecule has 1 amide bonds. The van der Waals surface area contributed by atoms with Gasteiger partial charge in [-0.1, -0.05) is 35.9 Å². The van der Waals surface area contributed by atoms with Gasteiger partial charge in [-0.3, -0.25) is 9.89 Å². The summed E-state index contributed by atoms with van der Waals surface area (Å²) < 4.78 is 5.20. The zero-order valence-electron chi connectivity index (χ0n) is 13.0. The zero-order chi connectivity index (χ0) is 16.9. The number of carbonyl (C=O) groups excluding carboxylic acids is 1. The van der Waals surface area contributed by atoms with E-state index in [9.17, 15) is 4.79 Å². The van der Waals surface area contributed by atoms with E-state index in [1.165, 1.54) is 0 Å². The molecule has 1 heterocycles. The van der Waals surface area contributed by atoms with Crippen molar-refractivity contribution in [3.8, 4) is 17.0 Å². The standard InChI is InChI=1S/C18H16ClN3O2/c1-24-15-7-3-5-13(9-15)16-10-17(22-21-16)18(23)20-11-12-4-2-6-14(19)8-12/h2-10H,11H2,1H3,(H,20,23)(H,21,22). The molecule has 0 unspecified atom stereocenters. The Labute approximate surface area is 144 Å². The minimum Gasteiger partial charge on any atom is -0.497 e. The summed E-state index contributed by atoms with van der Waals surface area (Å²) in [6, 6.07) is 16.6. The van der Waals surface area contributed by atoms with Gasteiger partial charge in [0.15, 0.2) is 0 Å². The van der Waals surface area contributed by atoms with Gasteiger partial charge in [-0.15, -0.1) is 0 Å². The first-order valence-electron chi connectivity index (χ1n) is 7.38. The number of rotatable bonds is 5. The van der Waals surface area contributed by atoms with Crippen molar-refractivity contribution >= 4 is 17.5 Å². The van der Waals surface area contributed by atoms with Crippen LogP contribution < -0.4 is 10.1 Å². The third kappa shape index (κ3) is 3.75. The van der Waals surface area contributed by atoms with Gasteiger partial charge >= 0.3 is 0 Å². The molecule has 0 aliphatic rings. The highest BCUT2D eigenvalue weighted by atomic mass is 35.5. The number of aromatic nitrogens is 2. The topological polar surface area (TPSA) is 67.0 Å². The smallest absolute Gasteiger partial charge is 0.269 e. The molecule has 0 spiro atoms. The fourth-order valence-electron chi connectivity index (χ4n) is 2.29. The van der Waals surface area contributed by atoms with E-state index in [-0.39, 0.29) is 5.91 Å². The Morgan fingerprint density at radius 3 is 2.83 bits per heavy atom. The summed E-state index contributed by atoms with van der Waals surface area (Å²) in [5, 5.41) is 10.4. The largest absolute Gasteiger partial charge is 0.497 e. The second-order valence-corrected chi connectivity index (χ2v) is 5.65. The molecule has 0 atom stereocenters. The summed E-state index contributed by atoms with van der Waals surface area (Å²) in [4.78, 5) is 12.2. The van der Waals surface area contributed by atoms with Crippen LogP contribution in [0, 0.1) is 0 Å². The molecule has 3 aromatic rings. The molecule has 0 bridgehead atoms.